The summed E-state index contributed by atoms with van der Waals surface area (Å²) in [4.78, 5) is 28.2. The number of rotatable bonds is 5. The molecule has 8 nitrogen and oxygen atoms in total. The van der Waals surface area contributed by atoms with E-state index in [0.29, 0.717) is 16.9 Å². The van der Waals surface area contributed by atoms with Crippen LogP contribution in [0.2, 0.25) is 0 Å². The first-order valence-corrected chi connectivity index (χ1v) is 12.4. The molecule has 0 spiro atoms. The van der Waals surface area contributed by atoms with Crippen molar-refractivity contribution in [3.05, 3.63) is 94.3 Å². The van der Waals surface area contributed by atoms with Crippen molar-refractivity contribution in [2.75, 3.05) is 7.11 Å². The summed E-state index contributed by atoms with van der Waals surface area (Å²) >= 11 is 0. The molecule has 2 heterocycles. The van der Waals surface area contributed by atoms with Crippen molar-refractivity contribution in [2.24, 2.45) is 0 Å². The van der Waals surface area contributed by atoms with E-state index in [-0.39, 0.29) is 22.2 Å². The predicted octanol–water partition coefficient (Wildman–Crippen LogP) is 5.24. The lowest BCUT2D eigenvalue weighted by molar-refractivity contribution is -0.137. The number of nitrogens with zero attached hydrogens (tertiary/aromatic N) is 4. The molecule has 0 aliphatic carbocycles. The SMILES string of the molecule is COc1ccc(C(C(=O)NC(C)(C)C)n2c(=O)c3c(-c4ccccc4)nnn3c3ccc(C(F)(F)F)cc32)cc1. The highest BCUT2D eigenvalue weighted by molar-refractivity contribution is 5.90. The maximum Gasteiger partial charge on any atom is 0.416 e. The molecule has 0 fully saturated rings. The van der Waals surface area contributed by atoms with Gasteiger partial charge in [0.1, 0.15) is 17.5 Å². The fourth-order valence-corrected chi connectivity index (χ4v) is 4.63. The van der Waals surface area contributed by atoms with Crippen molar-refractivity contribution in [2.45, 2.75) is 38.5 Å². The van der Waals surface area contributed by atoms with E-state index < -0.39 is 34.8 Å². The Hall–Kier alpha value is -4.67. The first kappa shape index (κ1) is 26.9. The molecule has 2 aromatic heterocycles. The smallest absolute Gasteiger partial charge is 0.416 e. The number of halogens is 3. The minimum Gasteiger partial charge on any atom is -0.497 e. The van der Waals surface area contributed by atoms with Crippen LogP contribution >= 0.6 is 0 Å². The molecule has 0 aliphatic rings. The van der Waals surface area contributed by atoms with Crippen molar-refractivity contribution in [1.82, 2.24) is 24.7 Å². The topological polar surface area (TPSA) is 90.5 Å². The van der Waals surface area contributed by atoms with Crippen LogP contribution in [0.25, 0.3) is 27.8 Å². The summed E-state index contributed by atoms with van der Waals surface area (Å²) in [6.07, 6.45) is -4.69. The Morgan fingerprint density at radius 1 is 0.950 bits per heavy atom. The lowest BCUT2D eigenvalue weighted by Gasteiger charge is -2.27. The van der Waals surface area contributed by atoms with Crippen LogP contribution in [-0.2, 0) is 11.0 Å². The summed E-state index contributed by atoms with van der Waals surface area (Å²) in [5.41, 5.74) is -1.10. The summed E-state index contributed by atoms with van der Waals surface area (Å²) in [7, 11) is 1.49. The Bertz CT molecular complexity index is 1770. The van der Waals surface area contributed by atoms with Gasteiger partial charge in [0.2, 0.25) is 5.91 Å². The van der Waals surface area contributed by atoms with E-state index in [1.165, 1.54) is 17.7 Å². The highest BCUT2D eigenvalue weighted by Gasteiger charge is 2.34. The molecule has 0 radical (unpaired) electrons. The van der Waals surface area contributed by atoms with E-state index in [4.69, 9.17) is 4.74 Å². The van der Waals surface area contributed by atoms with Gasteiger partial charge >= 0.3 is 6.18 Å². The molecule has 40 heavy (non-hydrogen) atoms. The highest BCUT2D eigenvalue weighted by Crippen LogP contribution is 2.34. The number of fused-ring (bicyclic) bond motifs is 3. The number of benzene rings is 3. The van der Waals surface area contributed by atoms with Crippen molar-refractivity contribution in [1.29, 1.82) is 0 Å². The zero-order valence-electron chi connectivity index (χ0n) is 22.2. The summed E-state index contributed by atoms with van der Waals surface area (Å²) in [6, 6.07) is 17.0. The number of hydrogen-bond acceptors (Lipinski definition) is 5. The van der Waals surface area contributed by atoms with Crippen molar-refractivity contribution in [3.63, 3.8) is 0 Å². The number of nitrogens with one attached hydrogen (secondary N) is 1. The molecule has 5 aromatic rings. The van der Waals surface area contributed by atoms with Crippen LogP contribution < -0.4 is 15.6 Å². The van der Waals surface area contributed by atoms with Crippen molar-refractivity contribution >= 4 is 22.5 Å². The minimum atomic E-state index is -4.69. The van der Waals surface area contributed by atoms with E-state index in [9.17, 15) is 22.8 Å². The monoisotopic (exact) mass is 549 g/mol. The average molecular weight is 550 g/mol. The van der Waals surface area contributed by atoms with Gasteiger partial charge in [0.15, 0.2) is 5.52 Å². The normalized spacial score (nSPS) is 13.0. The van der Waals surface area contributed by atoms with Crippen molar-refractivity contribution < 1.29 is 22.7 Å². The van der Waals surface area contributed by atoms with Crippen LogP contribution in [0.5, 0.6) is 5.75 Å². The number of alkyl halides is 3. The fraction of sp³-hybridized carbons (Fsp3) is 0.241. The van der Waals surface area contributed by atoms with Gasteiger partial charge in [0, 0.05) is 11.1 Å². The molecule has 206 valence electrons. The van der Waals surface area contributed by atoms with E-state index in [2.05, 4.69) is 15.6 Å². The van der Waals surface area contributed by atoms with Gasteiger partial charge < -0.3 is 10.1 Å². The second-order valence-electron chi connectivity index (χ2n) is 10.4. The molecule has 0 saturated heterocycles. The number of amides is 1. The first-order chi connectivity index (χ1) is 18.9. The van der Waals surface area contributed by atoms with Crippen LogP contribution in [0.15, 0.2) is 77.6 Å². The molecule has 0 aliphatic heterocycles. The van der Waals surface area contributed by atoms with Gasteiger partial charge in [-0.1, -0.05) is 47.7 Å². The predicted molar refractivity (Wildman–Crippen MR) is 144 cm³/mol. The third kappa shape index (κ3) is 4.90. The van der Waals surface area contributed by atoms with Gasteiger partial charge in [-0.25, -0.2) is 4.52 Å². The number of hydrogen-bond donors (Lipinski definition) is 1. The van der Waals surface area contributed by atoms with Crippen LogP contribution in [-0.4, -0.2) is 38.0 Å². The summed E-state index contributed by atoms with van der Waals surface area (Å²) in [5, 5.41) is 11.2. The maximum absolute atomic E-state index is 14.3. The third-order valence-electron chi connectivity index (χ3n) is 6.37. The van der Waals surface area contributed by atoms with E-state index in [1.54, 1.807) is 75.4 Å². The Morgan fingerprint density at radius 3 is 2.23 bits per heavy atom. The molecular weight excluding hydrogens is 523 g/mol. The number of aromatic nitrogens is 4. The Kier molecular flexibility index (Phi) is 6.61. The second kappa shape index (κ2) is 9.82. The molecule has 5 rings (SSSR count). The lowest BCUT2D eigenvalue weighted by Crippen LogP contribution is -2.46. The van der Waals surface area contributed by atoms with Gasteiger partial charge in [-0.3, -0.25) is 14.2 Å². The van der Waals surface area contributed by atoms with Crippen LogP contribution in [0.4, 0.5) is 13.2 Å². The molecular formula is C29H26F3N5O3. The first-order valence-electron chi connectivity index (χ1n) is 12.4. The van der Waals surface area contributed by atoms with Crippen LogP contribution in [0.1, 0.15) is 37.9 Å². The number of methoxy groups -OCH3 is 1. The molecule has 11 heteroatoms. The Labute approximate surface area is 227 Å². The Morgan fingerprint density at radius 2 is 1.62 bits per heavy atom. The van der Waals surface area contributed by atoms with E-state index in [0.717, 1.165) is 16.7 Å². The highest BCUT2D eigenvalue weighted by atomic mass is 19.4. The van der Waals surface area contributed by atoms with Crippen molar-refractivity contribution in [3.8, 4) is 17.0 Å². The Balaban J connectivity index is 1.91. The molecule has 1 atom stereocenters. The molecule has 1 unspecified atom stereocenters. The lowest BCUT2D eigenvalue weighted by atomic mass is 10.0. The van der Waals surface area contributed by atoms with Gasteiger partial charge in [0.05, 0.1) is 23.7 Å². The third-order valence-corrected chi connectivity index (χ3v) is 6.37. The average Bonchev–Trinajstić information content (AvgIpc) is 3.35. The van der Waals surface area contributed by atoms with E-state index in [1.807, 2.05) is 0 Å². The zero-order valence-corrected chi connectivity index (χ0v) is 22.2. The number of carbonyl (C=O) groups excluding carboxylic acids is 1. The molecule has 0 bridgehead atoms. The summed E-state index contributed by atoms with van der Waals surface area (Å²) in [5.74, 6) is -0.0614. The largest absolute Gasteiger partial charge is 0.497 e. The molecule has 1 amide bonds. The second-order valence-corrected chi connectivity index (χ2v) is 10.4. The van der Waals surface area contributed by atoms with E-state index >= 15 is 0 Å². The van der Waals surface area contributed by atoms with Gasteiger partial charge in [0.25, 0.3) is 5.56 Å². The standard InChI is InChI=1S/C29H26F3N5O3/c1-28(2,3)33-26(38)24(18-10-13-20(40-4)14-11-18)36-22-16-19(29(30,31)32)12-15-21(22)37-25(27(36)39)23(34-35-37)17-8-6-5-7-9-17/h5-16,24H,1-4H3,(H,33,38). The summed E-state index contributed by atoms with van der Waals surface area (Å²) < 4.78 is 49.1. The van der Waals surface area contributed by atoms with Gasteiger partial charge in [-0.05, 0) is 56.7 Å². The summed E-state index contributed by atoms with van der Waals surface area (Å²) in [6.45, 7) is 5.32. The number of ether oxygens (including phenoxy) is 1. The van der Waals surface area contributed by atoms with Gasteiger partial charge in [-0.15, -0.1) is 5.10 Å². The van der Waals surface area contributed by atoms with Gasteiger partial charge in [-0.2, -0.15) is 13.2 Å². The van der Waals surface area contributed by atoms with Crippen LogP contribution in [0.3, 0.4) is 0 Å². The molecule has 3 aromatic carbocycles. The number of carbonyl (C=O) groups is 1. The zero-order chi connectivity index (χ0) is 28.8. The fourth-order valence-electron chi connectivity index (χ4n) is 4.63. The maximum atomic E-state index is 14.3. The molecule has 1 N–H and O–H groups in total. The van der Waals surface area contributed by atoms with Crippen LogP contribution in [0, 0.1) is 0 Å². The minimum absolute atomic E-state index is 0.0283. The quantitative estimate of drug-likeness (QED) is 0.324. The molecule has 0 saturated carbocycles.